The first-order valence-corrected chi connectivity index (χ1v) is 19.7. The maximum Gasteiger partial charge on any atom is 0.229 e. The molecule has 0 radical (unpaired) electrons. The summed E-state index contributed by atoms with van der Waals surface area (Å²) in [5, 5.41) is 4.31. The molecule has 0 bridgehead atoms. The quantitative estimate of drug-likeness (QED) is 0.128. The zero-order chi connectivity index (χ0) is 34.2. The van der Waals surface area contributed by atoms with Gasteiger partial charge in [-0.05, 0) is 12.1 Å². The van der Waals surface area contributed by atoms with Crippen LogP contribution in [-0.2, 0) is 23.3 Å². The molecule has 2 fully saturated rings. The predicted molar refractivity (Wildman–Crippen MR) is 204 cm³/mol. The van der Waals surface area contributed by atoms with Crippen LogP contribution in [-0.4, -0.2) is 37.3 Å². The minimum Gasteiger partial charge on any atom is -0.462 e. The largest absolute Gasteiger partial charge is 0.462 e. The van der Waals surface area contributed by atoms with Gasteiger partial charge in [0.05, 0.1) is 22.9 Å². The van der Waals surface area contributed by atoms with E-state index in [9.17, 15) is 0 Å². The third-order valence-electron chi connectivity index (χ3n) is 8.77. The second kappa shape index (κ2) is 16.4. The molecule has 0 saturated carbocycles. The van der Waals surface area contributed by atoms with Crippen LogP contribution in [0.2, 0.25) is 0 Å². The Hall–Kier alpha value is -4.22. The van der Waals surface area contributed by atoms with Crippen LogP contribution >= 0.6 is 16.3 Å². The van der Waals surface area contributed by atoms with Crippen LogP contribution in [0.25, 0.3) is 0 Å². The summed E-state index contributed by atoms with van der Waals surface area (Å²) in [4.78, 5) is 0. The van der Waals surface area contributed by atoms with Crippen LogP contribution in [0.15, 0.2) is 182 Å². The van der Waals surface area contributed by atoms with E-state index in [2.05, 4.69) is 72.8 Å². The highest BCUT2D eigenvalue weighted by Gasteiger charge is 2.54. The predicted octanol–water partition coefficient (Wildman–Crippen LogP) is 7.77. The van der Waals surface area contributed by atoms with E-state index < -0.39 is 53.3 Å². The first-order chi connectivity index (χ1) is 25.3. The summed E-state index contributed by atoms with van der Waals surface area (Å²) in [6.07, 6.45) is -3.77. The Labute approximate surface area is 301 Å². The summed E-state index contributed by atoms with van der Waals surface area (Å²) in [5.74, 6) is 0.672. The van der Waals surface area contributed by atoms with Gasteiger partial charge in [0.15, 0.2) is 12.4 Å². The Morgan fingerprint density at radius 2 is 0.863 bits per heavy atom. The van der Waals surface area contributed by atoms with Crippen LogP contribution in [0, 0.1) is 0 Å². The minimum atomic E-state index is -1.33. The molecule has 6 atom stereocenters. The molecule has 0 aliphatic carbocycles. The van der Waals surface area contributed by atoms with Crippen LogP contribution in [0.1, 0.15) is 11.9 Å². The molecule has 0 aromatic heterocycles. The molecule has 0 spiro atoms. The molecule has 1 unspecified atom stereocenters. The molecule has 0 N–H and O–H groups in total. The van der Waals surface area contributed by atoms with E-state index in [4.69, 9.17) is 28.0 Å². The normalized spacial score (nSPS) is 23.1. The lowest BCUT2D eigenvalue weighted by atomic mass is 9.98. The summed E-state index contributed by atoms with van der Waals surface area (Å²) in [5.41, 5.74) is 0.930. The average Bonchev–Trinajstić information content (AvgIpc) is 3.21. The fourth-order valence-corrected chi connectivity index (χ4v) is 10.1. The van der Waals surface area contributed by atoms with Gasteiger partial charge in [-0.15, -0.1) is 0 Å². The maximum absolute atomic E-state index is 7.48. The highest BCUT2D eigenvalue weighted by molar-refractivity contribution is 7.69. The van der Waals surface area contributed by atoms with E-state index in [1.807, 2.05) is 109 Å². The van der Waals surface area contributed by atoms with E-state index in [1.54, 1.807) is 0 Å². The molecule has 6 aromatic rings. The van der Waals surface area contributed by atoms with E-state index >= 15 is 0 Å². The smallest absolute Gasteiger partial charge is 0.229 e. The Morgan fingerprint density at radius 1 is 0.451 bits per heavy atom. The van der Waals surface area contributed by atoms with Gasteiger partial charge in [0, 0.05) is 26.8 Å². The Bertz CT molecular complexity index is 1840. The van der Waals surface area contributed by atoms with Crippen molar-refractivity contribution in [3.63, 3.8) is 0 Å². The van der Waals surface area contributed by atoms with Crippen molar-refractivity contribution in [3.05, 3.63) is 188 Å². The van der Waals surface area contributed by atoms with E-state index in [0.29, 0.717) is 12.4 Å². The number of fused-ring (bicyclic) bond motifs is 1. The number of para-hydroxylation sites is 1. The summed E-state index contributed by atoms with van der Waals surface area (Å²) in [7, 11) is -2.65. The van der Waals surface area contributed by atoms with Crippen molar-refractivity contribution in [1.29, 1.82) is 0 Å². The van der Waals surface area contributed by atoms with Crippen molar-refractivity contribution in [2.45, 2.75) is 37.0 Å². The molecule has 6 aromatic carbocycles. The van der Waals surface area contributed by atoms with Crippen molar-refractivity contribution in [1.82, 2.24) is 0 Å². The Morgan fingerprint density at radius 3 is 1.33 bits per heavy atom. The molecule has 8 rings (SSSR count). The van der Waals surface area contributed by atoms with Crippen LogP contribution < -0.4 is 26.0 Å². The first kappa shape index (κ1) is 33.9. The van der Waals surface area contributed by atoms with E-state index in [-0.39, 0.29) is 0 Å². The second-order valence-electron chi connectivity index (χ2n) is 12.2. The van der Waals surface area contributed by atoms with Crippen molar-refractivity contribution in [3.8, 4) is 5.75 Å². The summed E-state index contributed by atoms with van der Waals surface area (Å²) < 4.78 is 41.6. The molecule has 2 aliphatic heterocycles. The van der Waals surface area contributed by atoms with Gasteiger partial charge >= 0.3 is 0 Å². The molecule has 2 aliphatic rings. The molecular weight excluding hydrogens is 674 g/mol. The molecule has 2 saturated heterocycles. The maximum atomic E-state index is 7.48. The average molecular weight is 713 g/mol. The Kier molecular flexibility index (Phi) is 10.9. The van der Waals surface area contributed by atoms with Gasteiger partial charge < -0.3 is 28.0 Å². The monoisotopic (exact) mass is 712 g/mol. The van der Waals surface area contributed by atoms with Crippen LogP contribution in [0.5, 0.6) is 5.75 Å². The Balaban J connectivity index is 1.25. The number of hydrogen-bond acceptors (Lipinski definition) is 6. The zero-order valence-corrected chi connectivity index (χ0v) is 29.6. The lowest BCUT2D eigenvalue weighted by Crippen LogP contribution is -2.64. The van der Waals surface area contributed by atoms with Crippen molar-refractivity contribution >= 4 is 37.5 Å². The summed E-state index contributed by atoms with van der Waals surface area (Å²) in [6, 6.07) is 61.2. The molecule has 2 heterocycles. The van der Waals surface area contributed by atoms with Gasteiger partial charge in [-0.25, -0.2) is 0 Å². The fraction of sp³-hybridized carbons (Fsp3) is 0.163. The van der Waals surface area contributed by atoms with Gasteiger partial charge in [-0.1, -0.05) is 170 Å². The molecule has 0 amide bonds. The molecule has 8 heteroatoms. The SMILES string of the molecule is c1ccc(O[C@@H]2O[C@@H]3COC(c4ccccc4)O[C@H]3[C@H](OP(c3ccccc3)c3ccccc3)[C@H]2OP(c2ccccc2)c2ccccc2)cc1. The van der Waals surface area contributed by atoms with E-state index in [1.165, 1.54) is 0 Å². The first-order valence-electron chi connectivity index (χ1n) is 17.1. The summed E-state index contributed by atoms with van der Waals surface area (Å²) in [6.45, 7) is 0.298. The van der Waals surface area contributed by atoms with Crippen molar-refractivity contribution in [2.75, 3.05) is 6.61 Å². The standard InChI is InChI=1S/C43H38O6P2/c1-7-19-32(20-8-1)42-44-31-38-39(47-42)40(48-50(34-23-11-3-12-24-34)35-25-13-4-14-26-35)41(43(46-38)45-33-21-9-2-10-22-33)49-51(36-27-15-5-16-28-36)37-29-17-6-18-30-37/h1-30,38-43H,31H2/t38-,39-,40+,41-,42?,43-/m1/s1. The van der Waals surface area contributed by atoms with E-state index in [0.717, 1.165) is 26.8 Å². The number of benzene rings is 6. The van der Waals surface area contributed by atoms with Gasteiger partial charge in [0.1, 0.15) is 24.1 Å². The zero-order valence-electron chi connectivity index (χ0n) is 27.8. The minimum absolute atomic E-state index is 0.298. The van der Waals surface area contributed by atoms with Crippen LogP contribution in [0.4, 0.5) is 0 Å². The molecule has 256 valence electrons. The third-order valence-corrected chi connectivity index (χ3v) is 12.7. The van der Waals surface area contributed by atoms with Crippen molar-refractivity contribution < 1.29 is 28.0 Å². The van der Waals surface area contributed by atoms with Crippen molar-refractivity contribution in [2.24, 2.45) is 0 Å². The molecular formula is C43H38O6P2. The van der Waals surface area contributed by atoms with Gasteiger partial charge in [-0.3, -0.25) is 0 Å². The van der Waals surface area contributed by atoms with Gasteiger partial charge in [0.2, 0.25) is 6.29 Å². The number of rotatable bonds is 11. The molecule has 6 nitrogen and oxygen atoms in total. The highest BCUT2D eigenvalue weighted by Crippen LogP contribution is 2.48. The summed E-state index contributed by atoms with van der Waals surface area (Å²) >= 11 is 0. The second-order valence-corrected chi connectivity index (χ2v) is 15.9. The van der Waals surface area contributed by atoms with Crippen LogP contribution in [0.3, 0.4) is 0 Å². The lowest BCUT2D eigenvalue weighted by Gasteiger charge is -2.50. The van der Waals surface area contributed by atoms with Gasteiger partial charge in [-0.2, -0.15) is 0 Å². The number of ether oxygens (including phenoxy) is 4. The highest BCUT2D eigenvalue weighted by atomic mass is 31.1. The lowest BCUT2D eigenvalue weighted by molar-refractivity contribution is -0.342. The third kappa shape index (κ3) is 7.99. The van der Waals surface area contributed by atoms with Gasteiger partial charge in [0.25, 0.3) is 0 Å². The number of hydrogen-bond donors (Lipinski definition) is 0. The molecule has 51 heavy (non-hydrogen) atoms. The topological polar surface area (TPSA) is 55.4 Å². The fourth-order valence-electron chi connectivity index (χ4n) is 6.33.